The number of carbonyl (C=O) groups excluding carboxylic acids is 1. The first-order valence-corrected chi connectivity index (χ1v) is 10.3. The summed E-state index contributed by atoms with van der Waals surface area (Å²) in [6.07, 6.45) is 0. The third-order valence-electron chi connectivity index (χ3n) is 4.73. The van der Waals surface area contributed by atoms with Crippen molar-refractivity contribution in [3.05, 3.63) is 89.4 Å². The Kier molecular flexibility index (Phi) is 7.69. The third-order valence-corrected chi connectivity index (χ3v) is 4.73. The summed E-state index contributed by atoms with van der Waals surface area (Å²) in [5.74, 6) is 2.19. The summed E-state index contributed by atoms with van der Waals surface area (Å²) < 4.78 is 11.2. The summed E-state index contributed by atoms with van der Waals surface area (Å²) >= 11 is 0. The maximum Gasteiger partial charge on any atom is 0.287 e. The van der Waals surface area contributed by atoms with Crippen LogP contribution in [-0.2, 0) is 19.6 Å². The molecule has 3 rings (SSSR count). The molecule has 0 aliphatic rings. The lowest BCUT2D eigenvalue weighted by atomic mass is 10.1. The van der Waals surface area contributed by atoms with E-state index in [1.54, 1.807) is 13.2 Å². The van der Waals surface area contributed by atoms with Crippen LogP contribution in [0, 0.1) is 5.92 Å². The van der Waals surface area contributed by atoms with Crippen molar-refractivity contribution in [1.82, 2.24) is 10.2 Å². The molecule has 158 valence electrons. The highest BCUT2D eigenvalue weighted by Gasteiger charge is 2.15. The van der Waals surface area contributed by atoms with Gasteiger partial charge in [-0.1, -0.05) is 56.3 Å². The van der Waals surface area contributed by atoms with Crippen LogP contribution in [0.15, 0.2) is 71.1 Å². The molecule has 0 aliphatic carbocycles. The number of furan rings is 1. The van der Waals surface area contributed by atoms with Crippen molar-refractivity contribution in [3.63, 3.8) is 0 Å². The molecule has 0 saturated heterocycles. The largest absolute Gasteiger partial charge is 0.497 e. The number of ether oxygens (including phenoxy) is 1. The van der Waals surface area contributed by atoms with Crippen LogP contribution in [0.3, 0.4) is 0 Å². The molecule has 3 aromatic rings. The van der Waals surface area contributed by atoms with Crippen molar-refractivity contribution < 1.29 is 13.9 Å². The van der Waals surface area contributed by atoms with E-state index in [1.165, 1.54) is 5.56 Å². The van der Waals surface area contributed by atoms with Gasteiger partial charge in [-0.2, -0.15) is 0 Å². The van der Waals surface area contributed by atoms with E-state index in [0.717, 1.165) is 30.2 Å². The summed E-state index contributed by atoms with van der Waals surface area (Å²) in [5.41, 5.74) is 2.38. The van der Waals surface area contributed by atoms with Crippen LogP contribution >= 0.6 is 0 Å². The van der Waals surface area contributed by atoms with Crippen LogP contribution < -0.4 is 10.1 Å². The molecular formula is C25H30N2O3. The van der Waals surface area contributed by atoms with Crippen LogP contribution in [-0.4, -0.2) is 24.5 Å². The Labute approximate surface area is 178 Å². The second-order valence-electron chi connectivity index (χ2n) is 7.85. The molecule has 5 heteroatoms. The molecule has 1 amide bonds. The van der Waals surface area contributed by atoms with E-state index in [4.69, 9.17) is 9.15 Å². The molecule has 30 heavy (non-hydrogen) atoms. The van der Waals surface area contributed by atoms with Crippen molar-refractivity contribution in [2.45, 2.75) is 33.5 Å². The summed E-state index contributed by atoms with van der Waals surface area (Å²) in [6, 6.07) is 22.1. The minimum Gasteiger partial charge on any atom is -0.497 e. The van der Waals surface area contributed by atoms with Crippen molar-refractivity contribution in [2.24, 2.45) is 5.92 Å². The topological polar surface area (TPSA) is 54.7 Å². The average Bonchev–Trinajstić information content (AvgIpc) is 3.21. The fourth-order valence-corrected chi connectivity index (χ4v) is 3.23. The maximum atomic E-state index is 12.3. The molecule has 1 heterocycles. The zero-order valence-electron chi connectivity index (χ0n) is 17.9. The standard InChI is InChI=1S/C25H30N2O3/c1-19(2)15-26-25(28)24-13-12-23(30-24)18-27(16-20-8-5-4-6-9-20)17-21-10-7-11-22(14-21)29-3/h4-14,19H,15-18H2,1-3H3,(H,26,28). The molecule has 0 bridgehead atoms. The summed E-state index contributed by atoms with van der Waals surface area (Å²) in [7, 11) is 1.68. The van der Waals surface area contributed by atoms with Gasteiger partial charge in [0.2, 0.25) is 0 Å². The van der Waals surface area contributed by atoms with Gasteiger partial charge in [-0.05, 0) is 41.3 Å². The molecule has 2 aromatic carbocycles. The number of benzene rings is 2. The lowest BCUT2D eigenvalue weighted by Gasteiger charge is -2.22. The van der Waals surface area contributed by atoms with Gasteiger partial charge in [0.1, 0.15) is 11.5 Å². The third kappa shape index (κ3) is 6.49. The quantitative estimate of drug-likeness (QED) is 0.522. The van der Waals surface area contributed by atoms with E-state index >= 15 is 0 Å². The van der Waals surface area contributed by atoms with Crippen LogP contribution in [0.2, 0.25) is 0 Å². The number of nitrogens with one attached hydrogen (secondary N) is 1. The van der Waals surface area contributed by atoms with Gasteiger partial charge in [-0.15, -0.1) is 0 Å². The number of hydrogen-bond acceptors (Lipinski definition) is 4. The minimum atomic E-state index is -0.169. The maximum absolute atomic E-state index is 12.3. The lowest BCUT2D eigenvalue weighted by Crippen LogP contribution is -2.27. The Hall–Kier alpha value is -3.05. The predicted molar refractivity (Wildman–Crippen MR) is 118 cm³/mol. The SMILES string of the molecule is COc1cccc(CN(Cc2ccccc2)Cc2ccc(C(=O)NCC(C)C)o2)c1. The number of amides is 1. The van der Waals surface area contributed by atoms with Crippen LogP contribution in [0.1, 0.15) is 41.3 Å². The van der Waals surface area contributed by atoms with Gasteiger partial charge in [-0.25, -0.2) is 0 Å². The van der Waals surface area contributed by atoms with Crippen molar-refractivity contribution >= 4 is 5.91 Å². The monoisotopic (exact) mass is 406 g/mol. The van der Waals surface area contributed by atoms with Gasteiger partial charge in [0.05, 0.1) is 13.7 Å². The number of rotatable bonds is 10. The highest BCUT2D eigenvalue weighted by Crippen LogP contribution is 2.19. The van der Waals surface area contributed by atoms with Crippen LogP contribution in [0.5, 0.6) is 5.75 Å². The minimum absolute atomic E-state index is 0.169. The normalized spacial score (nSPS) is 11.1. The molecule has 0 aliphatic heterocycles. The molecule has 1 N–H and O–H groups in total. The molecule has 0 unspecified atom stereocenters. The van der Waals surface area contributed by atoms with Crippen molar-refractivity contribution in [2.75, 3.05) is 13.7 Å². The fraction of sp³-hybridized carbons (Fsp3) is 0.320. The van der Waals surface area contributed by atoms with Crippen molar-refractivity contribution in [1.29, 1.82) is 0 Å². The second-order valence-corrected chi connectivity index (χ2v) is 7.85. The summed E-state index contributed by atoms with van der Waals surface area (Å²) in [5, 5.41) is 2.90. The molecule has 0 atom stereocenters. The lowest BCUT2D eigenvalue weighted by molar-refractivity contribution is 0.0916. The predicted octanol–water partition coefficient (Wildman–Crippen LogP) is 4.88. The van der Waals surface area contributed by atoms with Crippen LogP contribution in [0.25, 0.3) is 0 Å². The zero-order chi connectivity index (χ0) is 21.3. The first-order chi connectivity index (χ1) is 14.5. The van der Waals surface area contributed by atoms with Gasteiger partial charge < -0.3 is 14.5 Å². The number of nitrogens with zero attached hydrogens (tertiary/aromatic N) is 1. The first-order valence-electron chi connectivity index (χ1n) is 10.3. The van der Waals surface area contributed by atoms with E-state index in [0.29, 0.717) is 24.8 Å². The second kappa shape index (κ2) is 10.6. The zero-order valence-corrected chi connectivity index (χ0v) is 17.9. The number of hydrogen-bond donors (Lipinski definition) is 1. The van der Waals surface area contributed by atoms with E-state index < -0.39 is 0 Å². The Morgan fingerprint density at radius 3 is 2.43 bits per heavy atom. The molecule has 0 spiro atoms. The van der Waals surface area contributed by atoms with Gasteiger partial charge >= 0.3 is 0 Å². The number of methoxy groups -OCH3 is 1. The van der Waals surface area contributed by atoms with Gasteiger partial charge in [0.15, 0.2) is 5.76 Å². The van der Waals surface area contributed by atoms with Gasteiger partial charge in [0, 0.05) is 19.6 Å². The smallest absolute Gasteiger partial charge is 0.287 e. The molecule has 0 radical (unpaired) electrons. The fourth-order valence-electron chi connectivity index (χ4n) is 3.23. The van der Waals surface area contributed by atoms with Crippen molar-refractivity contribution in [3.8, 4) is 5.75 Å². The van der Waals surface area contributed by atoms with Crippen LogP contribution in [0.4, 0.5) is 0 Å². The van der Waals surface area contributed by atoms with E-state index in [-0.39, 0.29) is 5.91 Å². The first kappa shape index (κ1) is 21.7. The molecule has 0 saturated carbocycles. The van der Waals surface area contributed by atoms with E-state index in [2.05, 4.69) is 42.3 Å². The Morgan fingerprint density at radius 1 is 0.967 bits per heavy atom. The summed E-state index contributed by atoms with van der Waals surface area (Å²) in [6.45, 7) is 6.87. The molecular weight excluding hydrogens is 376 g/mol. The molecule has 0 fully saturated rings. The Morgan fingerprint density at radius 2 is 1.70 bits per heavy atom. The number of carbonyl (C=O) groups is 1. The highest BCUT2D eigenvalue weighted by atomic mass is 16.5. The highest BCUT2D eigenvalue weighted by molar-refractivity contribution is 5.91. The Balaban J connectivity index is 1.72. The van der Waals surface area contributed by atoms with E-state index in [9.17, 15) is 4.79 Å². The molecule has 5 nitrogen and oxygen atoms in total. The summed E-state index contributed by atoms with van der Waals surface area (Å²) in [4.78, 5) is 14.6. The Bertz CT molecular complexity index is 934. The van der Waals surface area contributed by atoms with Gasteiger partial charge in [0.25, 0.3) is 5.91 Å². The average molecular weight is 407 g/mol. The van der Waals surface area contributed by atoms with Gasteiger partial charge in [-0.3, -0.25) is 9.69 Å². The molecule has 1 aromatic heterocycles. The van der Waals surface area contributed by atoms with E-state index in [1.807, 2.05) is 42.5 Å².